The highest BCUT2D eigenvalue weighted by molar-refractivity contribution is 5.55. The Hall–Kier alpha value is -1.93. The van der Waals surface area contributed by atoms with E-state index in [2.05, 4.69) is 10.1 Å². The van der Waals surface area contributed by atoms with Crippen LogP contribution in [0.3, 0.4) is 0 Å². The molecule has 2 rings (SSSR count). The van der Waals surface area contributed by atoms with Gasteiger partial charge < -0.3 is 15.4 Å². The van der Waals surface area contributed by atoms with Crippen LogP contribution in [0.4, 0.5) is 13.2 Å². The quantitative estimate of drug-likeness (QED) is 0.899. The molecule has 0 fully saturated rings. The predicted octanol–water partition coefficient (Wildman–Crippen LogP) is 2.14. The third kappa shape index (κ3) is 3.14. The molecule has 108 valence electrons. The van der Waals surface area contributed by atoms with Gasteiger partial charge in [0.1, 0.15) is 6.10 Å². The van der Waals surface area contributed by atoms with Crippen LogP contribution < -0.4 is 5.73 Å². The van der Waals surface area contributed by atoms with E-state index in [-0.39, 0.29) is 30.2 Å². The van der Waals surface area contributed by atoms with Gasteiger partial charge in [-0.1, -0.05) is 17.3 Å². The molecule has 8 heteroatoms. The van der Waals surface area contributed by atoms with Crippen molar-refractivity contribution in [2.75, 3.05) is 6.54 Å². The molecule has 2 aromatic rings. The topological polar surface area (TPSA) is 85.2 Å². The highest BCUT2D eigenvalue weighted by Crippen LogP contribution is 2.31. The van der Waals surface area contributed by atoms with Gasteiger partial charge in [0.25, 0.3) is 5.89 Å². The van der Waals surface area contributed by atoms with Gasteiger partial charge in [0, 0.05) is 5.56 Å². The van der Waals surface area contributed by atoms with Crippen LogP contribution in [-0.2, 0) is 6.18 Å². The Morgan fingerprint density at radius 1 is 1.35 bits per heavy atom. The van der Waals surface area contributed by atoms with Crippen molar-refractivity contribution in [3.05, 3.63) is 35.7 Å². The number of nitrogens with two attached hydrogens (primary N) is 1. The number of hydrogen-bond donors (Lipinski definition) is 2. The summed E-state index contributed by atoms with van der Waals surface area (Å²) in [6, 6.07) is 4.56. The van der Waals surface area contributed by atoms with E-state index in [4.69, 9.17) is 10.3 Å². The minimum Gasteiger partial charge on any atom is -0.383 e. The Balaban J connectivity index is 2.28. The number of aliphatic hydroxyl groups excluding tert-OH is 1. The summed E-state index contributed by atoms with van der Waals surface area (Å²) >= 11 is 0. The van der Waals surface area contributed by atoms with Gasteiger partial charge in [-0.3, -0.25) is 0 Å². The standard InChI is InChI=1S/C12H12F3N3O2/c13-12(14,15)8-3-1-2-7(6-8)10-17-11(20-18-10)9(19)4-5-16/h1-3,6,9,19H,4-5,16H2. The normalized spacial score (nSPS) is 13.4. The van der Waals surface area contributed by atoms with Crippen LogP contribution in [0, 0.1) is 0 Å². The molecule has 20 heavy (non-hydrogen) atoms. The van der Waals surface area contributed by atoms with Gasteiger partial charge in [0.05, 0.1) is 5.56 Å². The van der Waals surface area contributed by atoms with Crippen molar-refractivity contribution < 1.29 is 22.8 Å². The molecule has 0 saturated heterocycles. The summed E-state index contributed by atoms with van der Waals surface area (Å²) < 4.78 is 42.6. The first-order valence-electron chi connectivity index (χ1n) is 5.81. The van der Waals surface area contributed by atoms with Crippen molar-refractivity contribution in [3.8, 4) is 11.4 Å². The van der Waals surface area contributed by atoms with Crippen LogP contribution in [0.5, 0.6) is 0 Å². The van der Waals surface area contributed by atoms with E-state index < -0.39 is 17.8 Å². The third-order valence-electron chi connectivity index (χ3n) is 2.61. The molecular formula is C12H12F3N3O2. The number of aliphatic hydroxyl groups is 1. The van der Waals surface area contributed by atoms with Crippen LogP contribution in [0.15, 0.2) is 28.8 Å². The van der Waals surface area contributed by atoms with E-state index in [1.54, 1.807) is 0 Å². The van der Waals surface area contributed by atoms with Gasteiger partial charge in [-0.25, -0.2) is 0 Å². The third-order valence-corrected chi connectivity index (χ3v) is 2.61. The second kappa shape index (κ2) is 5.59. The monoisotopic (exact) mass is 287 g/mol. The molecule has 3 N–H and O–H groups in total. The first-order valence-corrected chi connectivity index (χ1v) is 5.81. The Kier molecular flexibility index (Phi) is 4.05. The molecule has 1 heterocycles. The average Bonchev–Trinajstić information content (AvgIpc) is 2.88. The maximum absolute atomic E-state index is 12.6. The summed E-state index contributed by atoms with van der Waals surface area (Å²) in [6.45, 7) is 0.225. The van der Waals surface area contributed by atoms with E-state index in [0.717, 1.165) is 12.1 Å². The van der Waals surface area contributed by atoms with Crippen LogP contribution in [0.1, 0.15) is 24.0 Å². The number of aromatic nitrogens is 2. The van der Waals surface area contributed by atoms with E-state index in [1.807, 2.05) is 0 Å². The van der Waals surface area contributed by atoms with Crippen molar-refractivity contribution in [2.24, 2.45) is 5.73 Å². The van der Waals surface area contributed by atoms with Gasteiger partial charge in [0.2, 0.25) is 5.82 Å². The van der Waals surface area contributed by atoms with Crippen molar-refractivity contribution in [1.29, 1.82) is 0 Å². The molecule has 1 unspecified atom stereocenters. The van der Waals surface area contributed by atoms with Gasteiger partial charge in [0.15, 0.2) is 0 Å². The largest absolute Gasteiger partial charge is 0.416 e. The maximum Gasteiger partial charge on any atom is 0.416 e. The van der Waals surface area contributed by atoms with Gasteiger partial charge in [-0.15, -0.1) is 0 Å². The summed E-state index contributed by atoms with van der Waals surface area (Å²) in [5.74, 6) is -0.0787. The number of nitrogens with zero attached hydrogens (tertiary/aromatic N) is 2. The highest BCUT2D eigenvalue weighted by Gasteiger charge is 2.30. The smallest absolute Gasteiger partial charge is 0.383 e. The molecule has 1 aromatic carbocycles. The first-order chi connectivity index (χ1) is 9.41. The molecule has 5 nitrogen and oxygen atoms in total. The number of alkyl halides is 3. The summed E-state index contributed by atoms with van der Waals surface area (Å²) in [4.78, 5) is 3.87. The number of hydrogen-bond acceptors (Lipinski definition) is 5. The SMILES string of the molecule is NCCC(O)c1nc(-c2cccc(C(F)(F)F)c2)no1. The van der Waals surface area contributed by atoms with Gasteiger partial charge in [-0.2, -0.15) is 18.2 Å². The van der Waals surface area contributed by atoms with Crippen LogP contribution >= 0.6 is 0 Å². The molecule has 0 aliphatic carbocycles. The lowest BCUT2D eigenvalue weighted by Gasteiger charge is -2.06. The van der Waals surface area contributed by atoms with Crippen LogP contribution in [-0.4, -0.2) is 21.8 Å². The molecule has 0 aliphatic rings. The molecule has 0 bridgehead atoms. The zero-order valence-corrected chi connectivity index (χ0v) is 10.3. The summed E-state index contributed by atoms with van der Waals surface area (Å²) in [5.41, 5.74) is 4.64. The van der Waals surface area contributed by atoms with Gasteiger partial charge >= 0.3 is 6.18 Å². The van der Waals surface area contributed by atoms with Crippen molar-refractivity contribution in [3.63, 3.8) is 0 Å². The van der Waals surface area contributed by atoms with Crippen LogP contribution in [0.2, 0.25) is 0 Å². The molecule has 0 amide bonds. The Morgan fingerprint density at radius 2 is 2.10 bits per heavy atom. The Morgan fingerprint density at radius 3 is 2.75 bits per heavy atom. The lowest BCUT2D eigenvalue weighted by molar-refractivity contribution is -0.137. The molecule has 0 saturated carbocycles. The fourth-order valence-corrected chi connectivity index (χ4v) is 1.60. The van der Waals surface area contributed by atoms with Crippen LogP contribution in [0.25, 0.3) is 11.4 Å². The summed E-state index contributed by atoms with van der Waals surface area (Å²) in [7, 11) is 0. The van der Waals surface area contributed by atoms with Gasteiger partial charge in [-0.05, 0) is 25.1 Å². The molecule has 0 spiro atoms. The fourth-order valence-electron chi connectivity index (χ4n) is 1.60. The molecule has 0 aliphatic heterocycles. The summed E-state index contributed by atoms with van der Waals surface area (Å²) in [6.07, 6.45) is -5.24. The van der Waals surface area contributed by atoms with Crippen molar-refractivity contribution in [2.45, 2.75) is 18.7 Å². The zero-order chi connectivity index (χ0) is 14.8. The second-order valence-corrected chi connectivity index (χ2v) is 4.13. The number of rotatable bonds is 4. The van der Waals surface area contributed by atoms with E-state index in [9.17, 15) is 18.3 Å². The van der Waals surface area contributed by atoms with Crippen molar-refractivity contribution in [1.82, 2.24) is 10.1 Å². The second-order valence-electron chi connectivity index (χ2n) is 4.13. The molecule has 0 radical (unpaired) electrons. The molecule has 1 atom stereocenters. The van der Waals surface area contributed by atoms with E-state index >= 15 is 0 Å². The Bertz CT molecular complexity index is 583. The fraction of sp³-hybridized carbons (Fsp3) is 0.333. The van der Waals surface area contributed by atoms with E-state index in [1.165, 1.54) is 12.1 Å². The number of benzene rings is 1. The molecule has 1 aromatic heterocycles. The maximum atomic E-state index is 12.6. The minimum atomic E-state index is -4.44. The molecular weight excluding hydrogens is 275 g/mol. The predicted molar refractivity (Wildman–Crippen MR) is 63.4 cm³/mol. The Labute approximate surface area is 112 Å². The number of halogens is 3. The highest BCUT2D eigenvalue weighted by atomic mass is 19.4. The van der Waals surface area contributed by atoms with E-state index in [0.29, 0.717) is 0 Å². The zero-order valence-electron chi connectivity index (χ0n) is 10.3. The lowest BCUT2D eigenvalue weighted by atomic mass is 10.1. The minimum absolute atomic E-state index is 0.0119. The average molecular weight is 287 g/mol. The van der Waals surface area contributed by atoms with Crippen molar-refractivity contribution >= 4 is 0 Å². The summed E-state index contributed by atoms with van der Waals surface area (Å²) in [5, 5.41) is 13.2. The lowest BCUT2D eigenvalue weighted by Crippen LogP contribution is -2.07. The first kappa shape index (κ1) is 14.5.